The van der Waals surface area contributed by atoms with Crippen LogP contribution in [0.3, 0.4) is 0 Å². The lowest BCUT2D eigenvalue weighted by Gasteiger charge is -2.18. The molecule has 0 fully saturated rings. The van der Waals surface area contributed by atoms with Crippen molar-refractivity contribution in [1.29, 1.82) is 0 Å². The Labute approximate surface area is 248 Å². The number of hydrogen-bond acceptors (Lipinski definition) is 6. The molecule has 0 saturated heterocycles. The second kappa shape index (κ2) is 23.3. The monoisotopic (exact) mass is 586 g/mol. The lowest BCUT2D eigenvalue weighted by atomic mass is 10.1. The van der Waals surface area contributed by atoms with Crippen LogP contribution < -0.4 is 0 Å². The zero-order valence-electron chi connectivity index (χ0n) is 25.1. The predicted octanol–water partition coefficient (Wildman–Crippen LogP) is 10.1. The van der Waals surface area contributed by atoms with Crippen molar-refractivity contribution in [1.82, 2.24) is 0 Å². The summed E-state index contributed by atoms with van der Waals surface area (Å²) in [5.74, 6) is -0.267. The number of esters is 1. The maximum Gasteiger partial charge on any atom is 0.475 e. The van der Waals surface area contributed by atoms with Crippen LogP contribution in [0.5, 0.6) is 0 Å². The Balaban J connectivity index is 1.53. The fraction of sp³-hybridized carbons (Fsp3) is 0.559. The van der Waals surface area contributed by atoms with E-state index in [2.05, 4.69) is 19.1 Å². The van der Waals surface area contributed by atoms with E-state index in [-0.39, 0.29) is 32.4 Å². The molecule has 6 nitrogen and oxygen atoms in total. The van der Waals surface area contributed by atoms with Gasteiger partial charge >= 0.3 is 13.8 Å². The van der Waals surface area contributed by atoms with Gasteiger partial charge in [0.2, 0.25) is 0 Å². The Bertz CT molecular complexity index is 932. The summed E-state index contributed by atoms with van der Waals surface area (Å²) in [6, 6.07) is 18.8. The van der Waals surface area contributed by atoms with Crippen molar-refractivity contribution in [3.8, 4) is 0 Å². The maximum atomic E-state index is 13.2. The van der Waals surface area contributed by atoms with Gasteiger partial charge < -0.3 is 4.74 Å². The Morgan fingerprint density at radius 2 is 1.12 bits per heavy atom. The molecule has 0 aliphatic heterocycles. The Morgan fingerprint density at radius 3 is 1.66 bits per heavy atom. The molecule has 0 aliphatic rings. The van der Waals surface area contributed by atoms with Crippen LogP contribution >= 0.6 is 7.82 Å². The Kier molecular flexibility index (Phi) is 19.9. The van der Waals surface area contributed by atoms with E-state index < -0.39 is 7.82 Å². The molecule has 0 saturated carbocycles. The van der Waals surface area contributed by atoms with Crippen LogP contribution in [0, 0.1) is 0 Å². The number of rotatable bonds is 25. The van der Waals surface area contributed by atoms with Crippen LogP contribution in [0.15, 0.2) is 72.8 Å². The van der Waals surface area contributed by atoms with Crippen molar-refractivity contribution in [2.24, 2.45) is 0 Å². The molecule has 0 aromatic heterocycles. The Hall–Kier alpha value is -2.24. The molecule has 7 heteroatoms. The fourth-order valence-electron chi connectivity index (χ4n) is 4.28. The highest BCUT2D eigenvalue weighted by Gasteiger charge is 2.27. The van der Waals surface area contributed by atoms with E-state index >= 15 is 0 Å². The molecule has 0 spiro atoms. The first kappa shape index (κ1) is 35.0. The summed E-state index contributed by atoms with van der Waals surface area (Å²) in [5.41, 5.74) is 1.71. The van der Waals surface area contributed by atoms with E-state index in [1.165, 1.54) is 57.8 Å². The highest BCUT2D eigenvalue weighted by Crippen LogP contribution is 2.50. The van der Waals surface area contributed by atoms with Gasteiger partial charge in [-0.15, -0.1) is 0 Å². The first-order chi connectivity index (χ1) is 20.1. The quantitative estimate of drug-likeness (QED) is 0.0499. The second-order valence-corrected chi connectivity index (χ2v) is 12.0. The minimum absolute atomic E-state index is 0.00269. The van der Waals surface area contributed by atoms with Crippen LogP contribution in [0.2, 0.25) is 0 Å². The normalized spacial score (nSPS) is 11.7. The number of carbonyl (C=O) groups is 1. The SMILES string of the molecule is CCCCCCCC/C=C\CCCCCCCC(=O)OCCOP(=O)(OCc1ccccc1)OCc1ccccc1. The lowest BCUT2D eigenvalue weighted by Crippen LogP contribution is -2.11. The number of allylic oxidation sites excluding steroid dienone is 2. The number of phosphoric acid groups is 1. The molecule has 0 radical (unpaired) electrons. The second-order valence-electron chi connectivity index (χ2n) is 10.4. The number of phosphoric ester groups is 1. The van der Waals surface area contributed by atoms with E-state index in [1.807, 2.05) is 60.7 Å². The highest BCUT2D eigenvalue weighted by atomic mass is 31.2. The fourth-order valence-corrected chi connectivity index (χ4v) is 5.42. The third-order valence-corrected chi connectivity index (χ3v) is 8.09. The first-order valence-corrected chi connectivity index (χ1v) is 17.0. The first-order valence-electron chi connectivity index (χ1n) is 15.5. The van der Waals surface area contributed by atoms with Gasteiger partial charge in [0, 0.05) is 6.42 Å². The van der Waals surface area contributed by atoms with E-state index in [4.69, 9.17) is 18.3 Å². The summed E-state index contributed by atoms with van der Waals surface area (Å²) >= 11 is 0. The molecule has 0 heterocycles. The number of carbonyl (C=O) groups excluding carboxylic acids is 1. The summed E-state index contributed by atoms with van der Waals surface area (Å²) in [7, 11) is -3.86. The molecular weight excluding hydrogens is 535 g/mol. The highest BCUT2D eigenvalue weighted by molar-refractivity contribution is 7.48. The summed E-state index contributed by atoms with van der Waals surface area (Å²) in [4.78, 5) is 12.1. The zero-order valence-corrected chi connectivity index (χ0v) is 25.9. The number of benzene rings is 2. The van der Waals surface area contributed by atoms with Crippen LogP contribution in [0.1, 0.15) is 108 Å². The van der Waals surface area contributed by atoms with Crippen molar-refractivity contribution >= 4 is 13.8 Å². The lowest BCUT2D eigenvalue weighted by molar-refractivity contribution is -0.144. The molecule has 0 bridgehead atoms. The third kappa shape index (κ3) is 18.7. The third-order valence-electron chi connectivity index (χ3n) is 6.70. The minimum atomic E-state index is -3.86. The van der Waals surface area contributed by atoms with Gasteiger partial charge in [-0.2, -0.15) is 0 Å². The van der Waals surface area contributed by atoms with Gasteiger partial charge in [0.15, 0.2) is 0 Å². The van der Waals surface area contributed by atoms with Gasteiger partial charge in [-0.05, 0) is 43.2 Å². The molecule has 41 heavy (non-hydrogen) atoms. The van der Waals surface area contributed by atoms with Crippen molar-refractivity contribution in [3.05, 3.63) is 83.9 Å². The van der Waals surface area contributed by atoms with Crippen molar-refractivity contribution in [2.75, 3.05) is 13.2 Å². The van der Waals surface area contributed by atoms with E-state index in [1.54, 1.807) is 0 Å². The summed E-state index contributed by atoms with van der Waals surface area (Å²) in [6.45, 7) is 2.35. The molecule has 2 aromatic carbocycles. The largest absolute Gasteiger partial charge is 0.475 e. The molecule has 0 amide bonds. The molecule has 0 aliphatic carbocycles. The smallest absolute Gasteiger partial charge is 0.463 e. The van der Waals surface area contributed by atoms with E-state index in [0.717, 1.165) is 36.8 Å². The molecule has 2 rings (SSSR count). The van der Waals surface area contributed by atoms with E-state index in [0.29, 0.717) is 6.42 Å². The van der Waals surface area contributed by atoms with Crippen LogP contribution in [-0.4, -0.2) is 19.2 Å². The van der Waals surface area contributed by atoms with Gasteiger partial charge in [0.25, 0.3) is 0 Å². The summed E-state index contributed by atoms with van der Waals surface area (Å²) in [5, 5.41) is 0. The van der Waals surface area contributed by atoms with Gasteiger partial charge in [0.1, 0.15) is 6.61 Å². The predicted molar refractivity (Wildman–Crippen MR) is 166 cm³/mol. The van der Waals surface area contributed by atoms with Crippen molar-refractivity contribution in [3.63, 3.8) is 0 Å². The van der Waals surface area contributed by atoms with Gasteiger partial charge in [-0.25, -0.2) is 4.57 Å². The molecular formula is C34H51O6P. The average Bonchev–Trinajstić information content (AvgIpc) is 3.00. The summed E-state index contributed by atoms with van der Waals surface area (Å²) in [6.07, 6.45) is 20.8. The standard InChI is InChI=1S/C34H51O6P/c1-2-3-4-5-6-7-8-9-10-11-12-13-14-15-22-27-34(35)37-28-29-38-41(36,39-30-32-23-18-16-19-24-32)40-31-33-25-20-17-21-26-33/h9-10,16-21,23-26H,2-8,11-15,22,27-31H2,1H3/b10-9-. The summed E-state index contributed by atoms with van der Waals surface area (Å²) < 4.78 is 35.1. The van der Waals surface area contributed by atoms with Gasteiger partial charge in [0.05, 0.1) is 19.8 Å². The van der Waals surface area contributed by atoms with Crippen LogP contribution in [0.25, 0.3) is 0 Å². The number of unbranched alkanes of at least 4 members (excludes halogenated alkanes) is 11. The molecule has 228 valence electrons. The maximum absolute atomic E-state index is 13.2. The molecule has 0 N–H and O–H groups in total. The molecule has 2 aromatic rings. The van der Waals surface area contributed by atoms with Gasteiger partial charge in [-0.1, -0.05) is 131 Å². The van der Waals surface area contributed by atoms with Gasteiger partial charge in [-0.3, -0.25) is 18.4 Å². The van der Waals surface area contributed by atoms with Crippen LogP contribution in [0.4, 0.5) is 0 Å². The Morgan fingerprint density at radius 1 is 0.634 bits per heavy atom. The van der Waals surface area contributed by atoms with Crippen molar-refractivity contribution in [2.45, 2.75) is 110 Å². The number of ether oxygens (including phenoxy) is 1. The zero-order chi connectivity index (χ0) is 29.3. The average molecular weight is 587 g/mol. The molecule has 0 atom stereocenters. The van der Waals surface area contributed by atoms with Crippen LogP contribution in [-0.2, 0) is 40.9 Å². The number of hydrogen-bond donors (Lipinski definition) is 0. The van der Waals surface area contributed by atoms with E-state index in [9.17, 15) is 9.36 Å². The topological polar surface area (TPSA) is 71.1 Å². The minimum Gasteiger partial charge on any atom is -0.463 e. The van der Waals surface area contributed by atoms with Crippen molar-refractivity contribution < 1.29 is 27.7 Å². The molecule has 0 unspecified atom stereocenters.